The van der Waals surface area contributed by atoms with Gasteiger partial charge in [0.05, 0.1) is 13.7 Å². The van der Waals surface area contributed by atoms with Crippen LogP contribution in [0.5, 0.6) is 0 Å². The number of carbonyl (C=O) groups excluding carboxylic acids is 1. The van der Waals surface area contributed by atoms with E-state index in [0.29, 0.717) is 13.0 Å². The molecule has 0 heterocycles. The molecule has 0 fully saturated rings. The third-order valence-corrected chi connectivity index (χ3v) is 2.50. The third-order valence-electron chi connectivity index (χ3n) is 2.50. The van der Waals surface area contributed by atoms with E-state index in [2.05, 4.69) is 21.5 Å². The number of carbonyl (C=O) groups is 1. The number of benzene rings is 1. The fourth-order valence-electron chi connectivity index (χ4n) is 1.47. The fraction of sp³-hybridized carbons (Fsp3) is 0.400. The van der Waals surface area contributed by atoms with E-state index >= 15 is 0 Å². The van der Waals surface area contributed by atoms with Crippen molar-refractivity contribution in [3.8, 4) is 11.8 Å². The predicted molar refractivity (Wildman–Crippen MR) is 72.1 cm³/mol. The summed E-state index contributed by atoms with van der Waals surface area (Å²) < 4.78 is 4.59. The molecular formula is C15H19NO2. The molecule has 0 spiro atoms. The summed E-state index contributed by atoms with van der Waals surface area (Å²) in [7, 11) is 3.41. The van der Waals surface area contributed by atoms with Gasteiger partial charge in [0.15, 0.2) is 0 Å². The zero-order chi connectivity index (χ0) is 13.2. The minimum absolute atomic E-state index is 0.154. The van der Waals surface area contributed by atoms with Gasteiger partial charge in [-0.1, -0.05) is 30.0 Å². The molecule has 0 aliphatic heterocycles. The number of hydrogen-bond donors (Lipinski definition) is 0. The Bertz CT molecular complexity index is 417. The molecule has 0 aliphatic rings. The van der Waals surface area contributed by atoms with Crippen LogP contribution in [0.4, 0.5) is 0 Å². The quantitative estimate of drug-likeness (QED) is 0.586. The standard InChI is InChI=1S/C15H19NO2/c1-16(13-7-11-15(17)18-2)12-6-10-14-8-4-3-5-9-14/h3-5,8-9H,7,11-13H2,1-2H3. The molecule has 0 bridgehead atoms. The Morgan fingerprint density at radius 3 is 2.72 bits per heavy atom. The van der Waals surface area contributed by atoms with Crippen molar-refractivity contribution in [1.29, 1.82) is 0 Å². The van der Waals surface area contributed by atoms with E-state index < -0.39 is 0 Å². The summed E-state index contributed by atoms with van der Waals surface area (Å²) in [5.74, 6) is 6.06. The monoisotopic (exact) mass is 245 g/mol. The van der Waals surface area contributed by atoms with Crippen LogP contribution in [0.15, 0.2) is 30.3 Å². The zero-order valence-corrected chi connectivity index (χ0v) is 11.0. The Hall–Kier alpha value is -1.79. The molecular weight excluding hydrogens is 226 g/mol. The molecule has 0 unspecified atom stereocenters. The number of esters is 1. The van der Waals surface area contributed by atoms with Crippen molar-refractivity contribution in [3.05, 3.63) is 35.9 Å². The number of rotatable bonds is 5. The van der Waals surface area contributed by atoms with Crippen LogP contribution in [0, 0.1) is 11.8 Å². The molecule has 0 radical (unpaired) electrons. The first-order valence-corrected chi connectivity index (χ1v) is 6.01. The van der Waals surface area contributed by atoms with Gasteiger partial charge >= 0.3 is 5.97 Å². The predicted octanol–water partition coefficient (Wildman–Crippen LogP) is 1.92. The van der Waals surface area contributed by atoms with E-state index in [0.717, 1.165) is 18.5 Å². The zero-order valence-electron chi connectivity index (χ0n) is 11.0. The maximum absolute atomic E-state index is 10.9. The molecule has 1 rings (SSSR count). The molecule has 3 heteroatoms. The second-order valence-corrected chi connectivity index (χ2v) is 4.09. The normalized spacial score (nSPS) is 9.72. The van der Waals surface area contributed by atoms with Crippen LogP contribution in [0.3, 0.4) is 0 Å². The first-order valence-electron chi connectivity index (χ1n) is 6.01. The largest absolute Gasteiger partial charge is 0.469 e. The SMILES string of the molecule is COC(=O)CCCN(C)CC#Cc1ccccc1. The van der Waals surface area contributed by atoms with Gasteiger partial charge in [-0.2, -0.15) is 0 Å². The van der Waals surface area contributed by atoms with E-state index in [-0.39, 0.29) is 5.97 Å². The van der Waals surface area contributed by atoms with Gasteiger partial charge in [-0.3, -0.25) is 9.69 Å². The lowest BCUT2D eigenvalue weighted by atomic mass is 10.2. The molecule has 1 aromatic rings. The Balaban J connectivity index is 2.23. The van der Waals surface area contributed by atoms with Crippen molar-refractivity contribution in [1.82, 2.24) is 4.90 Å². The topological polar surface area (TPSA) is 29.5 Å². The first kappa shape index (κ1) is 14.3. The van der Waals surface area contributed by atoms with Crippen molar-refractivity contribution < 1.29 is 9.53 Å². The Morgan fingerprint density at radius 1 is 1.33 bits per heavy atom. The van der Waals surface area contributed by atoms with Crippen LogP contribution in [-0.4, -0.2) is 38.1 Å². The molecule has 18 heavy (non-hydrogen) atoms. The van der Waals surface area contributed by atoms with Crippen LogP contribution >= 0.6 is 0 Å². The molecule has 0 amide bonds. The summed E-state index contributed by atoms with van der Waals surface area (Å²) in [4.78, 5) is 13.0. The van der Waals surface area contributed by atoms with Crippen molar-refractivity contribution in [2.24, 2.45) is 0 Å². The van der Waals surface area contributed by atoms with Crippen LogP contribution in [0.1, 0.15) is 18.4 Å². The van der Waals surface area contributed by atoms with Crippen LogP contribution < -0.4 is 0 Å². The lowest BCUT2D eigenvalue weighted by molar-refractivity contribution is -0.140. The molecule has 0 N–H and O–H groups in total. The lowest BCUT2D eigenvalue weighted by Crippen LogP contribution is -2.20. The van der Waals surface area contributed by atoms with Gasteiger partial charge in [0.1, 0.15) is 0 Å². The van der Waals surface area contributed by atoms with Crippen molar-refractivity contribution >= 4 is 5.97 Å². The third kappa shape index (κ3) is 6.07. The molecule has 0 aliphatic carbocycles. The van der Waals surface area contributed by atoms with E-state index in [4.69, 9.17) is 0 Å². The van der Waals surface area contributed by atoms with Gasteiger partial charge in [0, 0.05) is 12.0 Å². The average molecular weight is 245 g/mol. The van der Waals surface area contributed by atoms with Crippen LogP contribution in [0.25, 0.3) is 0 Å². The summed E-state index contributed by atoms with van der Waals surface area (Å²) in [5.41, 5.74) is 1.03. The molecule has 1 aromatic carbocycles. The molecule has 96 valence electrons. The molecule has 0 saturated heterocycles. The van der Waals surface area contributed by atoms with Crippen molar-refractivity contribution in [3.63, 3.8) is 0 Å². The summed E-state index contributed by atoms with van der Waals surface area (Å²) in [6.07, 6.45) is 1.27. The number of nitrogens with zero attached hydrogens (tertiary/aromatic N) is 1. The highest BCUT2D eigenvalue weighted by atomic mass is 16.5. The maximum Gasteiger partial charge on any atom is 0.305 e. The molecule has 3 nitrogen and oxygen atoms in total. The van der Waals surface area contributed by atoms with E-state index in [1.54, 1.807) is 0 Å². The van der Waals surface area contributed by atoms with E-state index in [1.807, 2.05) is 37.4 Å². The lowest BCUT2D eigenvalue weighted by Gasteiger charge is -2.11. The van der Waals surface area contributed by atoms with Gasteiger partial charge in [0.25, 0.3) is 0 Å². The fourth-order valence-corrected chi connectivity index (χ4v) is 1.47. The highest BCUT2D eigenvalue weighted by Gasteiger charge is 2.01. The molecule has 0 aromatic heterocycles. The van der Waals surface area contributed by atoms with Crippen LogP contribution in [-0.2, 0) is 9.53 Å². The van der Waals surface area contributed by atoms with Crippen molar-refractivity contribution in [2.45, 2.75) is 12.8 Å². The Morgan fingerprint density at radius 2 is 2.06 bits per heavy atom. The van der Waals surface area contributed by atoms with E-state index in [1.165, 1.54) is 7.11 Å². The summed E-state index contributed by atoms with van der Waals surface area (Å²) in [6.45, 7) is 1.55. The van der Waals surface area contributed by atoms with Gasteiger partial charge in [-0.05, 0) is 32.1 Å². The summed E-state index contributed by atoms with van der Waals surface area (Å²) in [6, 6.07) is 9.91. The minimum atomic E-state index is -0.154. The highest BCUT2D eigenvalue weighted by Crippen LogP contribution is 1.96. The van der Waals surface area contributed by atoms with Gasteiger partial charge in [-0.15, -0.1) is 0 Å². The second kappa shape index (κ2) is 8.32. The van der Waals surface area contributed by atoms with Crippen molar-refractivity contribution in [2.75, 3.05) is 27.2 Å². The van der Waals surface area contributed by atoms with Gasteiger partial charge in [-0.25, -0.2) is 0 Å². The Labute approximate surface area is 109 Å². The maximum atomic E-state index is 10.9. The molecule has 0 saturated carbocycles. The average Bonchev–Trinajstić information content (AvgIpc) is 2.39. The van der Waals surface area contributed by atoms with Gasteiger partial charge < -0.3 is 4.74 Å². The van der Waals surface area contributed by atoms with Gasteiger partial charge in [0.2, 0.25) is 0 Å². The summed E-state index contributed by atoms with van der Waals surface area (Å²) >= 11 is 0. The number of methoxy groups -OCH3 is 1. The smallest absolute Gasteiger partial charge is 0.305 e. The first-order chi connectivity index (χ1) is 8.72. The number of ether oxygens (including phenoxy) is 1. The molecule has 0 atom stereocenters. The van der Waals surface area contributed by atoms with E-state index in [9.17, 15) is 4.79 Å². The number of hydrogen-bond acceptors (Lipinski definition) is 3. The Kier molecular flexibility index (Phi) is 6.60. The summed E-state index contributed by atoms with van der Waals surface area (Å²) in [5, 5.41) is 0. The van der Waals surface area contributed by atoms with Crippen LogP contribution in [0.2, 0.25) is 0 Å². The highest BCUT2D eigenvalue weighted by molar-refractivity contribution is 5.69. The second-order valence-electron chi connectivity index (χ2n) is 4.09. The minimum Gasteiger partial charge on any atom is -0.469 e.